The summed E-state index contributed by atoms with van der Waals surface area (Å²) >= 11 is 0. The molecule has 0 unspecified atom stereocenters. The van der Waals surface area contributed by atoms with Crippen LogP contribution in [-0.4, -0.2) is 9.24 Å². The number of hydrogen-bond acceptors (Lipinski definition) is 2. The van der Waals surface area contributed by atoms with E-state index in [2.05, 4.69) is 264 Å². The Kier molecular flexibility index (Phi) is 8.85. The second-order valence-electron chi connectivity index (χ2n) is 19.5. The molecule has 0 saturated carbocycles. The predicted molar refractivity (Wildman–Crippen MR) is 295 cm³/mol. The predicted octanol–water partition coefficient (Wildman–Crippen LogP) is 15.0. The Balaban J connectivity index is 1.14. The maximum atomic E-state index is 11.6. The van der Waals surface area contributed by atoms with E-state index in [9.17, 15) is 10.5 Å². The van der Waals surface area contributed by atoms with Crippen molar-refractivity contribution >= 4 is 43.6 Å². The maximum Gasteiger partial charge on any atom is 0.330 e. The molecule has 15 rings (SSSR count). The van der Waals surface area contributed by atoms with E-state index in [0.29, 0.717) is 17.1 Å². The number of rotatable bonds is 6. The standard InChI is InChI=1S/C69H42N5/c70-43-45-37-38-50(44-71)73(74-62-36-20-16-30-52(62)54-40-42-60-64(66(54)74)56-32-14-18-34-58(56)69(60,48-25-9-3-10-26-48)49-27-11-4-12-28-49)67(45)72-61-35-19-15-29-51(61)53-39-41-59-63(65(53)72)55-31-13-17-33-57(55)68(59,46-21-5-1-6-22-46)47-23-7-2-8-24-47/h1-42H/q+1. The van der Waals surface area contributed by atoms with Gasteiger partial charge in [0.2, 0.25) is 5.69 Å². The highest BCUT2D eigenvalue weighted by atomic mass is 15.5. The average Bonchev–Trinajstić information content (AvgIpc) is 4.32. The van der Waals surface area contributed by atoms with Gasteiger partial charge >= 0.3 is 5.82 Å². The first-order valence-electron chi connectivity index (χ1n) is 25.1. The molecule has 0 radical (unpaired) electrons. The van der Waals surface area contributed by atoms with Gasteiger partial charge in [0, 0.05) is 38.7 Å². The summed E-state index contributed by atoms with van der Waals surface area (Å²) in [7, 11) is 0. The van der Waals surface area contributed by atoms with Gasteiger partial charge in [-0.1, -0.05) is 218 Å². The third-order valence-corrected chi connectivity index (χ3v) is 16.2. The van der Waals surface area contributed by atoms with E-state index in [4.69, 9.17) is 0 Å². The SMILES string of the molecule is N#Cc1ccc(C#N)[n+](-n2c3ccccc3c3ccc4c(c32)-c2ccccc2C4(c2ccccc2)c2ccccc2)c1-n1c2ccccc2c2ccc3c(c21)-c1ccccc1C3(c1ccccc1)c1ccccc1. The Labute approximate surface area is 427 Å². The Morgan fingerprint density at radius 2 is 0.757 bits per heavy atom. The smallest absolute Gasteiger partial charge is 0.192 e. The molecule has 0 saturated heterocycles. The summed E-state index contributed by atoms with van der Waals surface area (Å²) in [5.41, 5.74) is 17.0. The minimum Gasteiger partial charge on any atom is -0.192 e. The van der Waals surface area contributed by atoms with Crippen LogP contribution < -0.4 is 4.68 Å². The first kappa shape index (κ1) is 41.7. The fourth-order valence-electron chi connectivity index (χ4n) is 13.5. The van der Waals surface area contributed by atoms with Gasteiger partial charge in [-0.15, -0.1) is 4.68 Å². The number of benzene rings is 10. The van der Waals surface area contributed by atoms with Crippen LogP contribution in [0.5, 0.6) is 0 Å². The summed E-state index contributed by atoms with van der Waals surface area (Å²) in [5.74, 6) is 0.574. The van der Waals surface area contributed by atoms with Crippen molar-refractivity contribution < 1.29 is 4.68 Å². The van der Waals surface area contributed by atoms with Gasteiger partial charge in [-0.05, 0) is 86.0 Å². The van der Waals surface area contributed by atoms with Crippen LogP contribution in [-0.2, 0) is 10.8 Å². The molecule has 0 aliphatic heterocycles. The second kappa shape index (κ2) is 15.7. The molecular formula is C69H42N5+. The zero-order valence-corrected chi connectivity index (χ0v) is 40.0. The highest BCUT2D eigenvalue weighted by Gasteiger charge is 2.50. The van der Waals surface area contributed by atoms with E-state index in [0.717, 1.165) is 77.0 Å². The van der Waals surface area contributed by atoms with Crippen molar-refractivity contribution in [1.29, 1.82) is 10.5 Å². The van der Waals surface area contributed by atoms with Crippen LogP contribution in [0.2, 0.25) is 0 Å². The summed E-state index contributed by atoms with van der Waals surface area (Å²) in [6.45, 7) is 0. The first-order chi connectivity index (χ1) is 36.7. The van der Waals surface area contributed by atoms with Crippen molar-refractivity contribution in [2.75, 3.05) is 0 Å². The van der Waals surface area contributed by atoms with E-state index >= 15 is 0 Å². The molecule has 3 heterocycles. The summed E-state index contributed by atoms with van der Waals surface area (Å²) in [6.07, 6.45) is 0. The lowest BCUT2D eigenvalue weighted by atomic mass is 9.67. The number of nitriles is 2. The Bertz CT molecular complexity index is 4180. The molecule has 0 fully saturated rings. The largest absolute Gasteiger partial charge is 0.330 e. The molecule has 13 aromatic rings. The maximum absolute atomic E-state index is 11.6. The zero-order chi connectivity index (χ0) is 49.1. The van der Waals surface area contributed by atoms with Crippen molar-refractivity contribution in [3.63, 3.8) is 0 Å². The summed E-state index contributed by atoms with van der Waals surface area (Å²) in [4.78, 5) is 0. The van der Waals surface area contributed by atoms with Crippen LogP contribution in [0.15, 0.2) is 255 Å². The topological polar surface area (TPSA) is 61.3 Å². The third kappa shape index (κ3) is 5.27. The van der Waals surface area contributed by atoms with Crippen LogP contribution in [0, 0.1) is 22.7 Å². The van der Waals surface area contributed by atoms with Gasteiger partial charge < -0.3 is 0 Å². The lowest BCUT2D eigenvalue weighted by Crippen LogP contribution is -2.49. The summed E-state index contributed by atoms with van der Waals surface area (Å²) in [5, 5.41) is 27.5. The lowest BCUT2D eigenvalue weighted by Gasteiger charge is -2.33. The van der Waals surface area contributed by atoms with Crippen LogP contribution >= 0.6 is 0 Å². The minimum absolute atomic E-state index is 0.379. The van der Waals surface area contributed by atoms with Gasteiger partial charge in [-0.2, -0.15) is 19.8 Å². The van der Waals surface area contributed by atoms with Crippen LogP contribution in [0.1, 0.15) is 55.8 Å². The molecule has 0 bridgehead atoms. The normalized spacial score (nSPS) is 13.6. The van der Waals surface area contributed by atoms with Gasteiger partial charge in [0.15, 0.2) is 0 Å². The van der Waals surface area contributed by atoms with Gasteiger partial charge in [0.05, 0.1) is 16.3 Å². The van der Waals surface area contributed by atoms with Gasteiger partial charge in [-0.3, -0.25) is 0 Å². The van der Waals surface area contributed by atoms with Gasteiger partial charge in [-0.25, -0.2) is 0 Å². The van der Waals surface area contributed by atoms with E-state index in [1.807, 2.05) is 10.7 Å². The summed E-state index contributed by atoms with van der Waals surface area (Å²) in [6, 6.07) is 96.3. The number of pyridine rings is 1. The molecule has 10 aromatic carbocycles. The molecule has 2 aliphatic rings. The molecule has 0 atom stereocenters. The molecule has 74 heavy (non-hydrogen) atoms. The van der Waals surface area contributed by atoms with E-state index in [-0.39, 0.29) is 0 Å². The van der Waals surface area contributed by atoms with E-state index in [1.165, 1.54) is 33.4 Å². The lowest BCUT2D eigenvalue weighted by molar-refractivity contribution is -0.717. The van der Waals surface area contributed by atoms with Crippen LogP contribution in [0.4, 0.5) is 0 Å². The minimum atomic E-state index is -0.672. The van der Waals surface area contributed by atoms with Crippen molar-refractivity contribution in [1.82, 2.24) is 9.24 Å². The van der Waals surface area contributed by atoms with Gasteiger partial charge in [0.1, 0.15) is 34.3 Å². The molecule has 5 nitrogen and oxygen atoms in total. The molecule has 342 valence electrons. The Morgan fingerprint density at radius 3 is 1.26 bits per heavy atom. The number of nitrogens with zero attached hydrogens (tertiary/aromatic N) is 5. The van der Waals surface area contributed by atoms with Crippen molar-refractivity contribution in [3.05, 3.63) is 311 Å². The van der Waals surface area contributed by atoms with E-state index in [1.54, 1.807) is 6.07 Å². The van der Waals surface area contributed by atoms with Gasteiger partial charge in [0.25, 0.3) is 0 Å². The second-order valence-corrected chi connectivity index (χ2v) is 19.5. The Morgan fingerprint density at radius 1 is 0.338 bits per heavy atom. The molecule has 3 aromatic heterocycles. The highest BCUT2D eigenvalue weighted by Crippen LogP contribution is 2.60. The van der Waals surface area contributed by atoms with Crippen molar-refractivity contribution in [3.8, 4) is 40.2 Å². The number of hydrogen-bond donors (Lipinski definition) is 0. The summed E-state index contributed by atoms with van der Waals surface area (Å²) < 4.78 is 6.59. The van der Waals surface area contributed by atoms with Crippen molar-refractivity contribution in [2.24, 2.45) is 0 Å². The molecule has 5 heteroatoms. The van der Waals surface area contributed by atoms with Crippen LogP contribution in [0.3, 0.4) is 0 Å². The first-order valence-corrected chi connectivity index (χ1v) is 25.1. The highest BCUT2D eigenvalue weighted by molar-refractivity contribution is 6.17. The quantitative estimate of drug-likeness (QED) is 0.156. The molecule has 0 amide bonds. The fraction of sp³-hybridized carbons (Fsp3) is 0.0290. The van der Waals surface area contributed by atoms with E-state index < -0.39 is 10.8 Å². The molecule has 0 spiro atoms. The molecule has 0 N–H and O–H groups in total. The number of para-hydroxylation sites is 2. The number of fused-ring (bicyclic) bond motifs is 14. The Hall–Kier alpha value is -10.1. The van der Waals surface area contributed by atoms with Crippen LogP contribution in [0.25, 0.3) is 71.7 Å². The molecular weight excluding hydrogens is 899 g/mol. The fourth-order valence-corrected chi connectivity index (χ4v) is 13.5. The average molecular weight is 941 g/mol. The number of aromatic nitrogens is 3. The van der Waals surface area contributed by atoms with Crippen molar-refractivity contribution in [2.45, 2.75) is 10.8 Å². The third-order valence-electron chi connectivity index (χ3n) is 16.2. The molecule has 2 aliphatic carbocycles. The zero-order valence-electron chi connectivity index (χ0n) is 40.0. The monoisotopic (exact) mass is 940 g/mol.